The van der Waals surface area contributed by atoms with E-state index >= 15 is 0 Å². The molecule has 7 atom stereocenters. The van der Waals surface area contributed by atoms with Gasteiger partial charge in [0.1, 0.15) is 0 Å². The topological polar surface area (TPSA) is 0 Å². The van der Waals surface area contributed by atoms with Gasteiger partial charge in [-0.15, -0.1) is 0 Å². The van der Waals surface area contributed by atoms with Gasteiger partial charge in [0.25, 0.3) is 0 Å². The van der Waals surface area contributed by atoms with E-state index in [1.165, 1.54) is 0 Å². The highest BCUT2D eigenvalue weighted by molar-refractivity contribution is 4.86. The van der Waals surface area contributed by atoms with Crippen LogP contribution in [0.1, 0.15) is 90.0 Å². The molecule has 0 saturated heterocycles. The second-order valence-corrected chi connectivity index (χ2v) is 10.2. The molecule has 0 nitrogen and oxygen atoms in total. The Bertz CT molecular complexity index is 325. The molecule has 0 bridgehead atoms. The van der Waals surface area contributed by atoms with E-state index in [9.17, 15) is 0 Å². The summed E-state index contributed by atoms with van der Waals surface area (Å²) in [6.07, 6.45) is 0. The second-order valence-electron chi connectivity index (χ2n) is 10.2. The van der Waals surface area contributed by atoms with Crippen molar-refractivity contribution in [2.45, 2.75) is 90.0 Å². The summed E-state index contributed by atoms with van der Waals surface area (Å²) in [6.45, 7) is 31.8. The Morgan fingerprint density at radius 1 is 0.435 bits per heavy atom. The molecule has 0 saturated carbocycles. The lowest BCUT2D eigenvalue weighted by atomic mass is 9.61. The molecule has 23 heavy (non-hydrogen) atoms. The second kappa shape index (κ2) is 8.91. The van der Waals surface area contributed by atoms with Gasteiger partial charge in [0.2, 0.25) is 0 Å². The zero-order valence-corrected chi connectivity index (χ0v) is 18.7. The monoisotopic (exact) mass is 324 g/mol. The van der Waals surface area contributed by atoms with E-state index in [-0.39, 0.29) is 0 Å². The molecular formula is C23H48. The van der Waals surface area contributed by atoms with Crippen LogP contribution in [0.5, 0.6) is 0 Å². The van der Waals surface area contributed by atoms with Gasteiger partial charge in [0, 0.05) is 0 Å². The van der Waals surface area contributed by atoms with Crippen LogP contribution in [-0.2, 0) is 0 Å². The minimum Gasteiger partial charge on any atom is -0.0625 e. The fraction of sp³-hybridized carbons (Fsp3) is 1.00. The van der Waals surface area contributed by atoms with E-state index in [2.05, 4.69) is 90.0 Å². The third-order valence-electron chi connectivity index (χ3n) is 8.65. The van der Waals surface area contributed by atoms with Crippen LogP contribution in [0.3, 0.4) is 0 Å². The van der Waals surface area contributed by atoms with Crippen LogP contribution in [0, 0.1) is 58.7 Å². The molecule has 0 heterocycles. The molecule has 0 radical (unpaired) electrons. The SMILES string of the molecule is CC(C)C(C)C(C)C(C)C(C)C(C)C(C)C(C)C(C)(C)C(C)C. The van der Waals surface area contributed by atoms with Gasteiger partial charge < -0.3 is 0 Å². The lowest BCUT2D eigenvalue weighted by molar-refractivity contribution is 0.0435. The van der Waals surface area contributed by atoms with E-state index in [0.29, 0.717) is 5.41 Å². The Morgan fingerprint density at radius 3 is 1.04 bits per heavy atom. The Kier molecular flexibility index (Phi) is 8.91. The van der Waals surface area contributed by atoms with Crippen LogP contribution in [-0.4, -0.2) is 0 Å². The molecule has 0 N–H and O–H groups in total. The number of hydrogen-bond donors (Lipinski definition) is 0. The van der Waals surface area contributed by atoms with Crippen molar-refractivity contribution in [2.24, 2.45) is 58.7 Å². The summed E-state index contributed by atoms with van der Waals surface area (Å²) in [6, 6.07) is 0. The molecule has 0 aromatic heterocycles. The Balaban J connectivity index is 5.03. The summed E-state index contributed by atoms with van der Waals surface area (Å²) in [5.74, 6) is 7.00. The molecule has 7 unspecified atom stereocenters. The maximum absolute atomic E-state index is 2.51. The standard InChI is InChI=1S/C23H48/c1-14(2)16(5)17(6)18(7)19(8)20(9)21(10)22(11)23(12,13)15(3)4/h14-22H,1-13H3. The third-order valence-corrected chi connectivity index (χ3v) is 8.65. The minimum atomic E-state index is 0.410. The summed E-state index contributed by atoms with van der Waals surface area (Å²) in [4.78, 5) is 0. The molecule has 0 aromatic carbocycles. The van der Waals surface area contributed by atoms with Crippen molar-refractivity contribution in [3.8, 4) is 0 Å². The highest BCUT2D eigenvalue weighted by Crippen LogP contribution is 2.45. The Labute approximate surface area is 149 Å². The van der Waals surface area contributed by atoms with E-state index in [1.807, 2.05) is 0 Å². The summed E-state index contributed by atoms with van der Waals surface area (Å²) < 4.78 is 0. The average Bonchev–Trinajstić information content (AvgIpc) is 2.49. The summed E-state index contributed by atoms with van der Waals surface area (Å²) in [5, 5.41) is 0. The minimum absolute atomic E-state index is 0.410. The van der Waals surface area contributed by atoms with Crippen LogP contribution in [0.4, 0.5) is 0 Å². The molecule has 0 rings (SSSR count). The van der Waals surface area contributed by atoms with Gasteiger partial charge in [-0.05, 0) is 58.7 Å². The fourth-order valence-corrected chi connectivity index (χ4v) is 4.18. The van der Waals surface area contributed by atoms with Crippen molar-refractivity contribution in [3.05, 3.63) is 0 Å². The molecule has 0 fully saturated rings. The smallest absolute Gasteiger partial charge is 0.0303 e. The third kappa shape index (κ3) is 5.50. The molecular weight excluding hydrogens is 276 g/mol. The van der Waals surface area contributed by atoms with Crippen molar-refractivity contribution < 1.29 is 0 Å². The van der Waals surface area contributed by atoms with E-state index in [4.69, 9.17) is 0 Å². The highest BCUT2D eigenvalue weighted by atomic mass is 14.4. The zero-order valence-electron chi connectivity index (χ0n) is 18.7. The Hall–Kier alpha value is 0. The normalized spacial score (nSPS) is 22.6. The van der Waals surface area contributed by atoms with Crippen LogP contribution in [0.2, 0.25) is 0 Å². The molecule has 0 spiro atoms. The van der Waals surface area contributed by atoms with Crippen LogP contribution in [0.25, 0.3) is 0 Å². The molecule has 0 heteroatoms. The maximum Gasteiger partial charge on any atom is -0.0303 e. The van der Waals surface area contributed by atoms with Crippen molar-refractivity contribution in [1.29, 1.82) is 0 Å². The van der Waals surface area contributed by atoms with E-state index in [0.717, 1.165) is 53.3 Å². The average molecular weight is 325 g/mol. The number of rotatable bonds is 9. The fourth-order valence-electron chi connectivity index (χ4n) is 4.18. The van der Waals surface area contributed by atoms with Crippen LogP contribution < -0.4 is 0 Å². The number of hydrogen-bond acceptors (Lipinski definition) is 0. The quantitative estimate of drug-likeness (QED) is 0.406. The first-order valence-corrected chi connectivity index (χ1v) is 10.3. The van der Waals surface area contributed by atoms with Gasteiger partial charge in [0.15, 0.2) is 0 Å². The summed E-state index contributed by atoms with van der Waals surface area (Å²) in [5.41, 5.74) is 0.410. The van der Waals surface area contributed by atoms with Crippen LogP contribution >= 0.6 is 0 Å². The predicted molar refractivity (Wildman–Crippen MR) is 108 cm³/mol. The first-order chi connectivity index (χ1) is 10.3. The first-order valence-electron chi connectivity index (χ1n) is 10.3. The van der Waals surface area contributed by atoms with E-state index in [1.54, 1.807) is 0 Å². The van der Waals surface area contributed by atoms with Gasteiger partial charge in [-0.1, -0.05) is 90.0 Å². The highest BCUT2D eigenvalue weighted by Gasteiger charge is 2.38. The lowest BCUT2D eigenvalue weighted by Crippen LogP contribution is -2.38. The lowest BCUT2D eigenvalue weighted by Gasteiger charge is -2.44. The summed E-state index contributed by atoms with van der Waals surface area (Å²) >= 11 is 0. The van der Waals surface area contributed by atoms with Crippen molar-refractivity contribution in [2.75, 3.05) is 0 Å². The van der Waals surface area contributed by atoms with Gasteiger partial charge in [0.05, 0.1) is 0 Å². The van der Waals surface area contributed by atoms with Gasteiger partial charge in [-0.25, -0.2) is 0 Å². The van der Waals surface area contributed by atoms with E-state index < -0.39 is 0 Å². The summed E-state index contributed by atoms with van der Waals surface area (Å²) in [7, 11) is 0. The van der Waals surface area contributed by atoms with Gasteiger partial charge >= 0.3 is 0 Å². The molecule has 140 valence electrons. The first kappa shape index (κ1) is 23.0. The molecule has 0 aromatic rings. The van der Waals surface area contributed by atoms with Crippen molar-refractivity contribution in [3.63, 3.8) is 0 Å². The van der Waals surface area contributed by atoms with Gasteiger partial charge in [-0.2, -0.15) is 0 Å². The zero-order chi connectivity index (χ0) is 18.7. The maximum atomic E-state index is 2.51. The molecule has 0 aliphatic rings. The largest absolute Gasteiger partial charge is 0.0625 e. The Morgan fingerprint density at radius 2 is 0.739 bits per heavy atom. The van der Waals surface area contributed by atoms with Crippen molar-refractivity contribution >= 4 is 0 Å². The molecule has 0 amide bonds. The van der Waals surface area contributed by atoms with Crippen molar-refractivity contribution in [1.82, 2.24) is 0 Å². The predicted octanol–water partition coefficient (Wildman–Crippen LogP) is 7.78. The van der Waals surface area contributed by atoms with Crippen LogP contribution in [0.15, 0.2) is 0 Å². The van der Waals surface area contributed by atoms with Gasteiger partial charge in [-0.3, -0.25) is 0 Å². The molecule has 0 aliphatic heterocycles. The molecule has 0 aliphatic carbocycles.